The van der Waals surface area contributed by atoms with Crippen molar-refractivity contribution >= 4 is 34.9 Å². The molecule has 6 nitrogen and oxygen atoms in total. The Morgan fingerprint density at radius 1 is 1.04 bits per heavy atom. The molecule has 27 heavy (non-hydrogen) atoms. The van der Waals surface area contributed by atoms with Gasteiger partial charge in [0.15, 0.2) is 0 Å². The van der Waals surface area contributed by atoms with E-state index in [-0.39, 0.29) is 12.6 Å². The molecule has 3 aromatic rings. The topological polar surface area (TPSA) is 76.1 Å². The molecule has 0 fully saturated rings. The summed E-state index contributed by atoms with van der Waals surface area (Å²) < 4.78 is 5.15. The number of urea groups is 1. The van der Waals surface area contributed by atoms with E-state index in [9.17, 15) is 4.79 Å². The van der Waals surface area contributed by atoms with Crippen molar-refractivity contribution in [1.29, 1.82) is 0 Å². The van der Waals surface area contributed by atoms with Gasteiger partial charge in [0, 0.05) is 11.3 Å². The summed E-state index contributed by atoms with van der Waals surface area (Å²) in [7, 11) is 1.62. The third-order valence-electron chi connectivity index (χ3n) is 3.72. The molecular formula is C19H16Cl2N4O2. The quantitative estimate of drug-likeness (QED) is 0.643. The van der Waals surface area contributed by atoms with E-state index < -0.39 is 0 Å². The lowest BCUT2D eigenvalue weighted by atomic mass is 10.1. The van der Waals surface area contributed by atoms with E-state index in [0.29, 0.717) is 21.4 Å². The SMILES string of the molecule is COc1ccc(-c2cc(CNC(=O)Nc3ccc(Cl)c(Cl)c3)ncn2)cc1. The summed E-state index contributed by atoms with van der Waals surface area (Å²) in [6.45, 7) is 0.249. The molecule has 0 spiro atoms. The van der Waals surface area contributed by atoms with Crippen molar-refractivity contribution in [2.75, 3.05) is 12.4 Å². The number of carbonyl (C=O) groups is 1. The molecule has 2 amide bonds. The molecule has 0 radical (unpaired) electrons. The molecule has 1 aromatic heterocycles. The maximum atomic E-state index is 12.1. The molecule has 0 aliphatic carbocycles. The summed E-state index contributed by atoms with van der Waals surface area (Å²) in [4.78, 5) is 20.5. The van der Waals surface area contributed by atoms with Gasteiger partial charge in [-0.05, 0) is 48.5 Å². The van der Waals surface area contributed by atoms with Gasteiger partial charge in [0.1, 0.15) is 12.1 Å². The third kappa shape index (κ3) is 5.09. The molecule has 1 heterocycles. The summed E-state index contributed by atoms with van der Waals surface area (Å²) >= 11 is 11.8. The van der Waals surface area contributed by atoms with E-state index in [2.05, 4.69) is 20.6 Å². The van der Waals surface area contributed by atoms with Crippen LogP contribution in [0.3, 0.4) is 0 Å². The summed E-state index contributed by atoms with van der Waals surface area (Å²) in [5.74, 6) is 0.772. The minimum atomic E-state index is -0.377. The van der Waals surface area contributed by atoms with Gasteiger partial charge < -0.3 is 15.4 Å². The van der Waals surface area contributed by atoms with Crippen LogP contribution in [0.5, 0.6) is 5.75 Å². The van der Waals surface area contributed by atoms with Crippen molar-refractivity contribution in [3.8, 4) is 17.0 Å². The van der Waals surface area contributed by atoms with Crippen LogP contribution < -0.4 is 15.4 Å². The van der Waals surface area contributed by atoms with Gasteiger partial charge in [-0.3, -0.25) is 0 Å². The Bertz CT molecular complexity index is 949. The van der Waals surface area contributed by atoms with Gasteiger partial charge >= 0.3 is 6.03 Å². The van der Waals surface area contributed by atoms with E-state index in [1.807, 2.05) is 30.3 Å². The number of nitrogens with one attached hydrogen (secondary N) is 2. The number of amides is 2. The number of anilines is 1. The van der Waals surface area contributed by atoms with Gasteiger partial charge in [-0.15, -0.1) is 0 Å². The van der Waals surface area contributed by atoms with E-state index >= 15 is 0 Å². The minimum absolute atomic E-state index is 0.249. The summed E-state index contributed by atoms with van der Waals surface area (Å²) in [5, 5.41) is 6.23. The predicted molar refractivity (Wildman–Crippen MR) is 106 cm³/mol. The molecule has 8 heteroatoms. The van der Waals surface area contributed by atoms with Crippen LogP contribution in [0.2, 0.25) is 10.0 Å². The third-order valence-corrected chi connectivity index (χ3v) is 4.46. The first kappa shape index (κ1) is 18.9. The average molecular weight is 403 g/mol. The normalized spacial score (nSPS) is 10.3. The molecule has 138 valence electrons. The van der Waals surface area contributed by atoms with Gasteiger partial charge in [0.25, 0.3) is 0 Å². The van der Waals surface area contributed by atoms with Gasteiger partial charge in [0.2, 0.25) is 0 Å². The smallest absolute Gasteiger partial charge is 0.319 e. The standard InChI is InChI=1S/C19H16Cl2N4O2/c1-27-15-5-2-12(3-6-15)18-9-14(23-11-24-18)10-22-19(26)25-13-4-7-16(20)17(21)8-13/h2-9,11H,10H2,1H3,(H2,22,25,26). The second kappa shape index (κ2) is 8.70. The molecule has 0 saturated heterocycles. The van der Waals surface area contributed by atoms with Crippen molar-refractivity contribution < 1.29 is 9.53 Å². The van der Waals surface area contributed by atoms with Gasteiger partial charge in [0.05, 0.1) is 35.1 Å². The molecule has 0 saturated carbocycles. The van der Waals surface area contributed by atoms with Crippen molar-refractivity contribution in [1.82, 2.24) is 15.3 Å². The van der Waals surface area contributed by atoms with E-state index in [1.54, 1.807) is 25.3 Å². The van der Waals surface area contributed by atoms with Gasteiger partial charge in [-0.25, -0.2) is 14.8 Å². The molecular weight excluding hydrogens is 387 g/mol. The highest BCUT2D eigenvalue weighted by Gasteiger charge is 2.07. The fourth-order valence-corrected chi connectivity index (χ4v) is 2.63. The Hall–Kier alpha value is -2.83. The number of hydrogen-bond donors (Lipinski definition) is 2. The summed E-state index contributed by atoms with van der Waals surface area (Å²) in [6, 6.07) is 13.9. The maximum Gasteiger partial charge on any atom is 0.319 e. The largest absolute Gasteiger partial charge is 0.497 e. The van der Waals surface area contributed by atoms with Gasteiger partial charge in [-0.2, -0.15) is 0 Å². The highest BCUT2D eigenvalue weighted by molar-refractivity contribution is 6.42. The van der Waals surface area contributed by atoms with Crippen LogP contribution in [0.1, 0.15) is 5.69 Å². The van der Waals surface area contributed by atoms with Crippen molar-refractivity contribution in [2.24, 2.45) is 0 Å². The zero-order valence-corrected chi connectivity index (χ0v) is 15.9. The van der Waals surface area contributed by atoms with Crippen LogP contribution >= 0.6 is 23.2 Å². The fraction of sp³-hybridized carbons (Fsp3) is 0.105. The summed E-state index contributed by atoms with van der Waals surface area (Å²) in [5.41, 5.74) is 2.91. The first-order valence-electron chi connectivity index (χ1n) is 8.00. The highest BCUT2D eigenvalue weighted by atomic mass is 35.5. The Labute approximate surface area is 166 Å². The highest BCUT2D eigenvalue weighted by Crippen LogP contribution is 2.25. The number of halogens is 2. The zero-order chi connectivity index (χ0) is 19.2. The van der Waals surface area contributed by atoms with Crippen molar-refractivity contribution in [2.45, 2.75) is 6.54 Å². The molecule has 0 bridgehead atoms. The second-order valence-electron chi connectivity index (χ2n) is 5.56. The fourth-order valence-electron chi connectivity index (χ4n) is 2.33. The number of rotatable bonds is 5. The van der Waals surface area contributed by atoms with E-state index in [0.717, 1.165) is 17.0 Å². The Morgan fingerprint density at radius 2 is 1.81 bits per heavy atom. The number of carbonyl (C=O) groups excluding carboxylic acids is 1. The number of methoxy groups -OCH3 is 1. The number of aromatic nitrogens is 2. The molecule has 0 aliphatic heterocycles. The molecule has 2 N–H and O–H groups in total. The van der Waals surface area contributed by atoms with Crippen LogP contribution in [-0.4, -0.2) is 23.1 Å². The molecule has 0 atom stereocenters. The summed E-state index contributed by atoms with van der Waals surface area (Å²) in [6.07, 6.45) is 1.47. The van der Waals surface area contributed by atoms with E-state index in [1.165, 1.54) is 6.33 Å². The number of hydrogen-bond acceptors (Lipinski definition) is 4. The number of benzene rings is 2. The monoisotopic (exact) mass is 402 g/mol. The Kier molecular flexibility index (Phi) is 6.11. The lowest BCUT2D eigenvalue weighted by molar-refractivity contribution is 0.251. The van der Waals surface area contributed by atoms with Crippen LogP contribution in [0.15, 0.2) is 54.9 Å². The minimum Gasteiger partial charge on any atom is -0.497 e. The zero-order valence-electron chi connectivity index (χ0n) is 14.4. The van der Waals surface area contributed by atoms with E-state index in [4.69, 9.17) is 27.9 Å². The molecule has 0 unspecified atom stereocenters. The number of ether oxygens (including phenoxy) is 1. The maximum absolute atomic E-state index is 12.1. The lowest BCUT2D eigenvalue weighted by Gasteiger charge is -2.09. The molecule has 2 aromatic carbocycles. The molecule has 3 rings (SSSR count). The van der Waals surface area contributed by atoms with Gasteiger partial charge in [-0.1, -0.05) is 23.2 Å². The molecule has 0 aliphatic rings. The Morgan fingerprint density at radius 3 is 2.52 bits per heavy atom. The first-order valence-corrected chi connectivity index (χ1v) is 8.76. The second-order valence-corrected chi connectivity index (χ2v) is 6.37. The van der Waals surface area contributed by atoms with Crippen LogP contribution in [-0.2, 0) is 6.54 Å². The van der Waals surface area contributed by atoms with Crippen LogP contribution in [0.25, 0.3) is 11.3 Å². The lowest BCUT2D eigenvalue weighted by Crippen LogP contribution is -2.28. The average Bonchev–Trinajstić information content (AvgIpc) is 2.69. The van der Waals surface area contributed by atoms with Crippen LogP contribution in [0.4, 0.5) is 10.5 Å². The Balaban J connectivity index is 1.62. The first-order chi connectivity index (χ1) is 13.0. The van der Waals surface area contributed by atoms with Crippen LogP contribution in [0, 0.1) is 0 Å². The number of nitrogens with zero attached hydrogens (tertiary/aromatic N) is 2. The van der Waals surface area contributed by atoms with Crippen molar-refractivity contribution in [3.63, 3.8) is 0 Å². The predicted octanol–water partition coefficient (Wildman–Crippen LogP) is 4.78. The van der Waals surface area contributed by atoms with Crippen molar-refractivity contribution in [3.05, 3.63) is 70.6 Å².